The maximum absolute atomic E-state index is 12.0. The van der Waals surface area contributed by atoms with E-state index in [2.05, 4.69) is 17.6 Å². The van der Waals surface area contributed by atoms with Crippen LogP contribution in [0.1, 0.15) is 58.3 Å². The molecule has 4 heteroatoms. The van der Waals surface area contributed by atoms with Crippen LogP contribution in [0.2, 0.25) is 0 Å². The third kappa shape index (κ3) is 5.11. The molecule has 19 heavy (non-hydrogen) atoms. The van der Waals surface area contributed by atoms with Crippen molar-refractivity contribution in [1.29, 1.82) is 0 Å². The molecular weight excluding hydrogens is 240 g/mol. The van der Waals surface area contributed by atoms with E-state index in [1.54, 1.807) is 0 Å². The lowest BCUT2D eigenvalue weighted by molar-refractivity contribution is -0.134. The zero-order valence-corrected chi connectivity index (χ0v) is 12.2. The molecule has 2 rings (SSSR count). The van der Waals surface area contributed by atoms with Crippen molar-refractivity contribution in [2.75, 3.05) is 19.7 Å². The average Bonchev–Trinajstić information content (AvgIpc) is 2.66. The van der Waals surface area contributed by atoms with Gasteiger partial charge in [0.15, 0.2) is 0 Å². The lowest BCUT2D eigenvalue weighted by Gasteiger charge is -2.34. The summed E-state index contributed by atoms with van der Waals surface area (Å²) in [6.07, 6.45) is 9.53. The maximum atomic E-state index is 12.0. The number of piperidine rings is 1. The number of nitrogens with one attached hydrogen (secondary N) is 2. The van der Waals surface area contributed by atoms with Crippen molar-refractivity contribution < 1.29 is 9.53 Å². The summed E-state index contributed by atoms with van der Waals surface area (Å²) in [4.78, 5) is 12.0. The molecule has 0 aromatic rings. The van der Waals surface area contributed by atoms with E-state index in [0.29, 0.717) is 6.04 Å². The molecule has 2 fully saturated rings. The fraction of sp³-hybridized carbons (Fsp3) is 0.933. The predicted octanol–water partition coefficient (Wildman–Crippen LogP) is 1.98. The summed E-state index contributed by atoms with van der Waals surface area (Å²) >= 11 is 0. The van der Waals surface area contributed by atoms with Crippen molar-refractivity contribution in [3.8, 4) is 0 Å². The highest BCUT2D eigenvalue weighted by molar-refractivity contribution is 5.77. The van der Waals surface area contributed by atoms with Crippen LogP contribution in [-0.2, 0) is 9.53 Å². The number of rotatable bonds is 4. The Morgan fingerprint density at radius 2 is 2.00 bits per heavy atom. The number of amides is 1. The molecule has 2 N–H and O–H groups in total. The molecule has 1 atom stereocenters. The molecule has 1 unspecified atom stereocenters. The largest absolute Gasteiger partial charge is 0.364 e. The molecule has 1 saturated carbocycles. The predicted molar refractivity (Wildman–Crippen MR) is 76.1 cm³/mol. The Balaban J connectivity index is 1.68. The first-order valence-electron chi connectivity index (χ1n) is 7.82. The topological polar surface area (TPSA) is 50.4 Å². The second kappa shape index (κ2) is 7.25. The summed E-state index contributed by atoms with van der Waals surface area (Å²) in [5.41, 5.74) is -0.168. The minimum absolute atomic E-state index is 0.0544. The van der Waals surface area contributed by atoms with Crippen molar-refractivity contribution in [3.05, 3.63) is 0 Å². The van der Waals surface area contributed by atoms with E-state index in [0.717, 1.165) is 38.8 Å². The van der Waals surface area contributed by atoms with Gasteiger partial charge >= 0.3 is 0 Å². The Morgan fingerprint density at radius 3 is 2.63 bits per heavy atom. The minimum atomic E-state index is -0.168. The zero-order chi connectivity index (χ0) is 13.6. The van der Waals surface area contributed by atoms with Gasteiger partial charge in [-0.05, 0) is 39.2 Å². The smallest absolute Gasteiger partial charge is 0.246 e. The molecule has 110 valence electrons. The van der Waals surface area contributed by atoms with E-state index in [9.17, 15) is 4.79 Å². The Bertz CT molecular complexity index is 280. The number of ether oxygens (including phenoxy) is 1. The molecule has 0 bridgehead atoms. The molecule has 1 saturated heterocycles. The average molecular weight is 268 g/mol. The first-order valence-corrected chi connectivity index (χ1v) is 7.82. The summed E-state index contributed by atoms with van der Waals surface area (Å²) < 4.78 is 5.83. The fourth-order valence-electron chi connectivity index (χ4n) is 3.08. The second-order valence-electron chi connectivity index (χ2n) is 6.27. The van der Waals surface area contributed by atoms with Crippen LogP contribution in [0.5, 0.6) is 0 Å². The summed E-state index contributed by atoms with van der Waals surface area (Å²) in [6, 6.07) is 0.371. The Kier molecular flexibility index (Phi) is 5.64. The maximum Gasteiger partial charge on any atom is 0.246 e. The van der Waals surface area contributed by atoms with Crippen LogP contribution >= 0.6 is 0 Å². The SMILES string of the molecule is CC1(OCC(=O)NC2CCCCCC2)CCCNC1. The van der Waals surface area contributed by atoms with Gasteiger partial charge in [-0.1, -0.05) is 25.7 Å². The van der Waals surface area contributed by atoms with Gasteiger partial charge in [-0.2, -0.15) is 0 Å². The van der Waals surface area contributed by atoms with E-state index in [1.807, 2.05) is 0 Å². The van der Waals surface area contributed by atoms with Crippen molar-refractivity contribution in [3.63, 3.8) is 0 Å². The lowest BCUT2D eigenvalue weighted by Crippen LogP contribution is -2.47. The number of hydrogen-bond acceptors (Lipinski definition) is 3. The molecule has 2 aliphatic rings. The number of hydrogen-bond donors (Lipinski definition) is 2. The van der Waals surface area contributed by atoms with Crippen LogP contribution in [0.15, 0.2) is 0 Å². The highest BCUT2D eigenvalue weighted by Crippen LogP contribution is 2.20. The highest BCUT2D eigenvalue weighted by Gasteiger charge is 2.28. The number of carbonyl (C=O) groups excluding carboxylic acids is 1. The van der Waals surface area contributed by atoms with Crippen molar-refractivity contribution in [2.45, 2.75) is 69.9 Å². The van der Waals surface area contributed by atoms with E-state index >= 15 is 0 Å². The van der Waals surface area contributed by atoms with Crippen molar-refractivity contribution in [2.24, 2.45) is 0 Å². The van der Waals surface area contributed by atoms with Crippen LogP contribution in [0.3, 0.4) is 0 Å². The van der Waals surface area contributed by atoms with Gasteiger partial charge in [0.1, 0.15) is 6.61 Å². The molecule has 0 aromatic carbocycles. The monoisotopic (exact) mass is 268 g/mol. The highest BCUT2D eigenvalue weighted by atomic mass is 16.5. The van der Waals surface area contributed by atoms with Gasteiger partial charge in [-0.3, -0.25) is 4.79 Å². The third-order valence-electron chi connectivity index (χ3n) is 4.33. The Labute approximate surface area is 116 Å². The molecule has 0 radical (unpaired) electrons. The molecule has 4 nitrogen and oxygen atoms in total. The first-order chi connectivity index (χ1) is 9.18. The first kappa shape index (κ1) is 14.8. The van der Waals surface area contributed by atoms with Crippen LogP contribution in [-0.4, -0.2) is 37.2 Å². The summed E-state index contributed by atoms with van der Waals surface area (Å²) in [5, 5.41) is 6.46. The fourth-order valence-corrected chi connectivity index (χ4v) is 3.08. The molecule has 0 aromatic heterocycles. The normalized spacial score (nSPS) is 29.7. The minimum Gasteiger partial charge on any atom is -0.364 e. The van der Waals surface area contributed by atoms with Gasteiger partial charge in [-0.15, -0.1) is 0 Å². The van der Waals surface area contributed by atoms with Crippen LogP contribution < -0.4 is 10.6 Å². The van der Waals surface area contributed by atoms with Crippen molar-refractivity contribution >= 4 is 5.91 Å². The van der Waals surface area contributed by atoms with Crippen LogP contribution in [0, 0.1) is 0 Å². The van der Waals surface area contributed by atoms with Gasteiger partial charge < -0.3 is 15.4 Å². The van der Waals surface area contributed by atoms with E-state index in [4.69, 9.17) is 4.74 Å². The zero-order valence-electron chi connectivity index (χ0n) is 12.2. The van der Waals surface area contributed by atoms with Gasteiger partial charge in [-0.25, -0.2) is 0 Å². The van der Waals surface area contributed by atoms with Gasteiger partial charge in [0.25, 0.3) is 0 Å². The number of carbonyl (C=O) groups is 1. The van der Waals surface area contributed by atoms with E-state index < -0.39 is 0 Å². The molecular formula is C15H28N2O2. The van der Waals surface area contributed by atoms with E-state index in [1.165, 1.54) is 25.7 Å². The molecule has 0 spiro atoms. The lowest BCUT2D eigenvalue weighted by atomic mass is 9.96. The third-order valence-corrected chi connectivity index (χ3v) is 4.33. The second-order valence-corrected chi connectivity index (χ2v) is 6.27. The quantitative estimate of drug-likeness (QED) is 0.767. The van der Waals surface area contributed by atoms with Gasteiger partial charge in [0.05, 0.1) is 5.60 Å². The summed E-state index contributed by atoms with van der Waals surface area (Å²) in [7, 11) is 0. The molecule has 1 amide bonds. The van der Waals surface area contributed by atoms with Crippen LogP contribution in [0.4, 0.5) is 0 Å². The van der Waals surface area contributed by atoms with Gasteiger partial charge in [0, 0.05) is 12.6 Å². The Morgan fingerprint density at radius 1 is 1.26 bits per heavy atom. The van der Waals surface area contributed by atoms with E-state index in [-0.39, 0.29) is 18.1 Å². The standard InChI is InChI=1S/C15H28N2O2/c1-15(9-6-10-16-12-15)19-11-14(18)17-13-7-4-2-3-5-8-13/h13,16H,2-12H2,1H3,(H,17,18). The molecule has 1 aliphatic heterocycles. The Hall–Kier alpha value is -0.610. The molecule has 1 aliphatic carbocycles. The van der Waals surface area contributed by atoms with Crippen LogP contribution in [0.25, 0.3) is 0 Å². The van der Waals surface area contributed by atoms with Crippen molar-refractivity contribution in [1.82, 2.24) is 10.6 Å². The summed E-state index contributed by atoms with van der Waals surface area (Å²) in [5.74, 6) is 0.0544. The summed E-state index contributed by atoms with van der Waals surface area (Å²) in [6.45, 7) is 4.21. The molecule has 1 heterocycles. The van der Waals surface area contributed by atoms with Gasteiger partial charge in [0.2, 0.25) is 5.91 Å².